The molecule has 12 heteroatoms. The lowest BCUT2D eigenvalue weighted by molar-refractivity contribution is 0.0745. The summed E-state index contributed by atoms with van der Waals surface area (Å²) in [5, 5.41) is 4.16. The molecular formula is C19H15BrF5N3O3. The standard InChI is InChI=1S/C19H15BrF5N3O3/c1-3-28-11(10(20)6-26-28)7-27(2)19(29)12-5-4-9(31-12)8-30-18-16(24)14(22)13(21)15(23)17(18)25/h4-6H,3,7-8H2,1-2H3. The Balaban J connectivity index is 1.71. The highest BCUT2D eigenvalue weighted by molar-refractivity contribution is 9.10. The van der Waals surface area contributed by atoms with Gasteiger partial charge in [0.05, 0.1) is 22.9 Å². The Labute approximate surface area is 181 Å². The van der Waals surface area contributed by atoms with Gasteiger partial charge in [-0.15, -0.1) is 0 Å². The number of furan rings is 1. The zero-order valence-corrected chi connectivity index (χ0v) is 17.8. The Morgan fingerprint density at radius 1 is 1.13 bits per heavy atom. The monoisotopic (exact) mass is 507 g/mol. The fourth-order valence-electron chi connectivity index (χ4n) is 2.73. The molecule has 0 aliphatic carbocycles. The van der Waals surface area contributed by atoms with Gasteiger partial charge in [0, 0.05) is 13.6 Å². The van der Waals surface area contributed by atoms with Gasteiger partial charge in [0.2, 0.25) is 29.1 Å². The van der Waals surface area contributed by atoms with Crippen molar-refractivity contribution in [3.8, 4) is 5.75 Å². The van der Waals surface area contributed by atoms with Gasteiger partial charge in [0.15, 0.2) is 11.5 Å². The molecule has 31 heavy (non-hydrogen) atoms. The van der Waals surface area contributed by atoms with Crippen molar-refractivity contribution in [1.29, 1.82) is 0 Å². The van der Waals surface area contributed by atoms with Crippen LogP contribution in [-0.4, -0.2) is 27.6 Å². The first-order valence-electron chi connectivity index (χ1n) is 8.84. The highest BCUT2D eigenvalue weighted by Gasteiger charge is 2.27. The van der Waals surface area contributed by atoms with Gasteiger partial charge in [0.1, 0.15) is 12.4 Å². The minimum atomic E-state index is -2.28. The van der Waals surface area contributed by atoms with Crippen LogP contribution in [0.3, 0.4) is 0 Å². The molecule has 0 bridgehead atoms. The summed E-state index contributed by atoms with van der Waals surface area (Å²) in [6.45, 7) is 2.05. The largest absolute Gasteiger partial charge is 0.479 e. The third kappa shape index (κ3) is 4.43. The number of benzene rings is 1. The zero-order valence-electron chi connectivity index (χ0n) is 16.2. The van der Waals surface area contributed by atoms with Gasteiger partial charge in [-0.1, -0.05) is 0 Å². The summed E-state index contributed by atoms with van der Waals surface area (Å²) in [7, 11) is 1.54. The molecule has 0 saturated carbocycles. The summed E-state index contributed by atoms with van der Waals surface area (Å²) >= 11 is 3.37. The second-order valence-electron chi connectivity index (χ2n) is 6.37. The molecule has 0 fully saturated rings. The van der Waals surface area contributed by atoms with Crippen LogP contribution in [0.2, 0.25) is 0 Å². The van der Waals surface area contributed by atoms with E-state index in [2.05, 4.69) is 21.0 Å². The summed E-state index contributed by atoms with van der Waals surface area (Å²) in [5.41, 5.74) is 0.764. The van der Waals surface area contributed by atoms with Crippen molar-refractivity contribution in [2.75, 3.05) is 7.05 Å². The molecule has 0 spiro atoms. The van der Waals surface area contributed by atoms with Crippen molar-refractivity contribution in [1.82, 2.24) is 14.7 Å². The van der Waals surface area contributed by atoms with Gasteiger partial charge in [-0.05, 0) is 35.0 Å². The molecule has 0 saturated heterocycles. The molecule has 166 valence electrons. The number of aryl methyl sites for hydroxylation is 1. The van der Waals surface area contributed by atoms with Crippen molar-refractivity contribution in [3.05, 3.63) is 69.1 Å². The van der Waals surface area contributed by atoms with Crippen LogP contribution in [0.4, 0.5) is 22.0 Å². The normalized spacial score (nSPS) is 11.1. The van der Waals surface area contributed by atoms with E-state index in [1.165, 1.54) is 24.1 Å². The van der Waals surface area contributed by atoms with Crippen LogP contribution in [0.15, 0.2) is 27.2 Å². The first-order chi connectivity index (χ1) is 14.6. The summed E-state index contributed by atoms with van der Waals surface area (Å²) in [6.07, 6.45) is 1.61. The number of hydrogen-bond donors (Lipinski definition) is 0. The second-order valence-corrected chi connectivity index (χ2v) is 7.22. The average molecular weight is 508 g/mol. The third-order valence-electron chi connectivity index (χ3n) is 4.33. The van der Waals surface area contributed by atoms with Crippen LogP contribution in [0, 0.1) is 29.1 Å². The molecule has 0 radical (unpaired) electrons. The molecule has 2 aromatic heterocycles. The fraction of sp³-hybridized carbons (Fsp3) is 0.263. The van der Waals surface area contributed by atoms with Gasteiger partial charge in [-0.2, -0.15) is 13.9 Å². The van der Waals surface area contributed by atoms with E-state index in [0.717, 1.165) is 10.2 Å². The van der Waals surface area contributed by atoms with Gasteiger partial charge < -0.3 is 14.1 Å². The molecule has 2 heterocycles. The number of carbonyl (C=O) groups excluding carboxylic acids is 1. The molecule has 0 atom stereocenters. The Kier molecular flexibility index (Phi) is 6.68. The van der Waals surface area contributed by atoms with E-state index in [0.29, 0.717) is 6.54 Å². The number of rotatable bonds is 7. The molecule has 3 aromatic rings. The van der Waals surface area contributed by atoms with Gasteiger partial charge in [-0.25, -0.2) is 13.2 Å². The first-order valence-corrected chi connectivity index (χ1v) is 9.63. The van der Waals surface area contributed by atoms with Crippen LogP contribution in [-0.2, 0) is 19.7 Å². The molecule has 1 aromatic carbocycles. The molecule has 0 N–H and O–H groups in total. The topological polar surface area (TPSA) is 60.5 Å². The Hall–Kier alpha value is -2.89. The summed E-state index contributed by atoms with van der Waals surface area (Å²) in [4.78, 5) is 14.0. The highest BCUT2D eigenvalue weighted by atomic mass is 79.9. The summed E-state index contributed by atoms with van der Waals surface area (Å²) < 4.78 is 79.4. The average Bonchev–Trinajstić information content (AvgIpc) is 3.37. The van der Waals surface area contributed by atoms with Crippen LogP contribution in [0.5, 0.6) is 5.75 Å². The third-order valence-corrected chi connectivity index (χ3v) is 4.99. The molecular weight excluding hydrogens is 493 g/mol. The highest BCUT2D eigenvalue weighted by Crippen LogP contribution is 2.30. The molecule has 0 unspecified atom stereocenters. The van der Waals surface area contributed by atoms with Crippen LogP contribution < -0.4 is 4.74 Å². The molecule has 6 nitrogen and oxygen atoms in total. The Bertz CT molecular complexity index is 1100. The predicted octanol–water partition coefficient (Wildman–Crippen LogP) is 4.81. The molecule has 3 rings (SSSR count). The number of amides is 1. The van der Waals surface area contributed by atoms with Gasteiger partial charge in [0.25, 0.3) is 5.91 Å². The smallest absolute Gasteiger partial charge is 0.289 e. The predicted molar refractivity (Wildman–Crippen MR) is 101 cm³/mol. The van der Waals surface area contributed by atoms with Gasteiger partial charge in [-0.3, -0.25) is 9.48 Å². The van der Waals surface area contributed by atoms with E-state index < -0.39 is 47.3 Å². The van der Waals surface area contributed by atoms with Crippen molar-refractivity contribution < 1.29 is 35.9 Å². The van der Waals surface area contributed by atoms with E-state index in [4.69, 9.17) is 9.15 Å². The minimum absolute atomic E-state index is 0.0551. The van der Waals surface area contributed by atoms with Crippen molar-refractivity contribution in [3.63, 3.8) is 0 Å². The van der Waals surface area contributed by atoms with Gasteiger partial charge >= 0.3 is 0 Å². The second kappa shape index (κ2) is 9.08. The fourth-order valence-corrected chi connectivity index (χ4v) is 3.15. The SMILES string of the molecule is CCn1ncc(Br)c1CN(C)C(=O)c1ccc(COc2c(F)c(F)c(F)c(F)c2F)o1. The minimum Gasteiger partial charge on any atom is -0.479 e. The quantitative estimate of drug-likeness (QED) is 0.261. The Morgan fingerprint density at radius 2 is 1.74 bits per heavy atom. The van der Waals surface area contributed by atoms with Crippen molar-refractivity contribution >= 4 is 21.8 Å². The lowest BCUT2D eigenvalue weighted by Crippen LogP contribution is -2.27. The Morgan fingerprint density at radius 3 is 2.35 bits per heavy atom. The van der Waals surface area contributed by atoms with E-state index in [1.54, 1.807) is 10.9 Å². The van der Waals surface area contributed by atoms with Crippen LogP contribution in [0.25, 0.3) is 0 Å². The number of ether oxygens (including phenoxy) is 1. The zero-order chi connectivity index (χ0) is 22.9. The van der Waals surface area contributed by atoms with E-state index >= 15 is 0 Å². The van der Waals surface area contributed by atoms with E-state index in [9.17, 15) is 26.7 Å². The number of halogens is 6. The van der Waals surface area contributed by atoms with Crippen LogP contribution in [0.1, 0.15) is 28.9 Å². The molecule has 0 aliphatic heterocycles. The lowest BCUT2D eigenvalue weighted by Gasteiger charge is -2.17. The summed E-state index contributed by atoms with van der Waals surface area (Å²) in [5.74, 6) is -12.8. The number of hydrogen-bond acceptors (Lipinski definition) is 4. The van der Waals surface area contributed by atoms with Crippen LogP contribution >= 0.6 is 15.9 Å². The number of aromatic nitrogens is 2. The number of nitrogens with zero attached hydrogens (tertiary/aromatic N) is 3. The lowest BCUT2D eigenvalue weighted by atomic mass is 10.2. The van der Waals surface area contributed by atoms with E-state index in [-0.39, 0.29) is 18.1 Å². The maximum absolute atomic E-state index is 13.7. The number of carbonyl (C=O) groups is 1. The molecule has 1 amide bonds. The molecule has 0 aliphatic rings. The van der Waals surface area contributed by atoms with E-state index in [1.807, 2.05) is 6.92 Å². The maximum Gasteiger partial charge on any atom is 0.289 e. The van der Waals surface area contributed by atoms with Crippen molar-refractivity contribution in [2.24, 2.45) is 0 Å². The van der Waals surface area contributed by atoms with Crippen molar-refractivity contribution in [2.45, 2.75) is 26.6 Å². The first kappa shape index (κ1) is 22.8. The maximum atomic E-state index is 13.7. The summed E-state index contributed by atoms with van der Waals surface area (Å²) in [6, 6.07) is 2.60.